The Bertz CT molecular complexity index is 740. The zero-order valence-electron chi connectivity index (χ0n) is 11.6. The summed E-state index contributed by atoms with van der Waals surface area (Å²) in [6, 6.07) is 6.00. The first-order valence-corrected chi connectivity index (χ1v) is 7.79. The number of carboxylic acid groups (broad SMARTS) is 1. The SMILES string of the molecule is CC(C(=O)O)N(Cc1ccco1)S(=O)(=O)c1ccc(F)cc1. The Kier molecular flexibility index (Phi) is 4.62. The highest BCUT2D eigenvalue weighted by molar-refractivity contribution is 7.89. The van der Waals surface area contributed by atoms with Gasteiger partial charge in [-0.1, -0.05) is 0 Å². The van der Waals surface area contributed by atoms with Crippen molar-refractivity contribution in [1.29, 1.82) is 0 Å². The number of carboxylic acids is 1. The Labute approximate surface area is 126 Å². The van der Waals surface area contributed by atoms with Gasteiger partial charge >= 0.3 is 5.97 Å². The van der Waals surface area contributed by atoms with Crippen LogP contribution in [0.15, 0.2) is 52.0 Å². The van der Waals surface area contributed by atoms with Crippen LogP contribution in [-0.2, 0) is 21.4 Å². The summed E-state index contributed by atoms with van der Waals surface area (Å²) in [5, 5.41) is 9.14. The monoisotopic (exact) mass is 327 g/mol. The number of hydrogen-bond donors (Lipinski definition) is 1. The summed E-state index contributed by atoms with van der Waals surface area (Å²) in [5.74, 6) is -1.57. The Morgan fingerprint density at radius 1 is 1.32 bits per heavy atom. The third-order valence-corrected chi connectivity index (χ3v) is 5.03. The molecule has 0 amide bonds. The van der Waals surface area contributed by atoms with E-state index in [1.165, 1.54) is 13.2 Å². The average Bonchev–Trinajstić information content (AvgIpc) is 2.97. The number of benzene rings is 1. The van der Waals surface area contributed by atoms with Gasteiger partial charge in [0.25, 0.3) is 0 Å². The van der Waals surface area contributed by atoms with Crippen LogP contribution in [-0.4, -0.2) is 29.8 Å². The fraction of sp³-hybridized carbons (Fsp3) is 0.214. The van der Waals surface area contributed by atoms with Gasteiger partial charge < -0.3 is 9.52 Å². The van der Waals surface area contributed by atoms with E-state index in [2.05, 4.69) is 0 Å². The lowest BCUT2D eigenvalue weighted by Crippen LogP contribution is -2.42. The molecular formula is C14H14FNO5S. The topological polar surface area (TPSA) is 87.8 Å². The molecular weight excluding hydrogens is 313 g/mol. The molecule has 0 saturated heterocycles. The average molecular weight is 327 g/mol. The van der Waals surface area contributed by atoms with Crippen LogP contribution in [0, 0.1) is 5.82 Å². The maximum absolute atomic E-state index is 13.0. The predicted octanol–water partition coefficient (Wildman–Crippen LogP) is 2.08. The van der Waals surface area contributed by atoms with Crippen LogP contribution in [0.2, 0.25) is 0 Å². The molecule has 22 heavy (non-hydrogen) atoms. The fourth-order valence-electron chi connectivity index (χ4n) is 1.85. The smallest absolute Gasteiger partial charge is 0.321 e. The van der Waals surface area contributed by atoms with Crippen LogP contribution >= 0.6 is 0 Å². The molecule has 118 valence electrons. The van der Waals surface area contributed by atoms with Gasteiger partial charge in [0, 0.05) is 0 Å². The van der Waals surface area contributed by atoms with E-state index in [0.717, 1.165) is 28.6 Å². The maximum Gasteiger partial charge on any atom is 0.321 e. The normalized spacial score (nSPS) is 13.2. The van der Waals surface area contributed by atoms with Crippen molar-refractivity contribution in [3.05, 3.63) is 54.2 Å². The van der Waals surface area contributed by atoms with Crippen molar-refractivity contribution in [3.63, 3.8) is 0 Å². The summed E-state index contributed by atoms with van der Waals surface area (Å²) < 4.78 is 44.1. The minimum atomic E-state index is -4.11. The molecule has 8 heteroatoms. The highest BCUT2D eigenvalue weighted by atomic mass is 32.2. The molecule has 2 aromatic rings. The van der Waals surface area contributed by atoms with E-state index < -0.39 is 27.9 Å². The van der Waals surface area contributed by atoms with Crippen LogP contribution in [0.3, 0.4) is 0 Å². The van der Waals surface area contributed by atoms with Gasteiger partial charge in [0.2, 0.25) is 10.0 Å². The zero-order valence-corrected chi connectivity index (χ0v) is 12.5. The number of aliphatic carboxylic acids is 1. The van der Waals surface area contributed by atoms with Crippen LogP contribution < -0.4 is 0 Å². The minimum Gasteiger partial charge on any atom is -0.480 e. The standard InChI is InChI=1S/C14H14FNO5S/c1-10(14(17)18)16(9-12-3-2-8-21-12)22(19,20)13-6-4-11(15)5-7-13/h2-8,10H,9H2,1H3,(H,17,18). The van der Waals surface area contributed by atoms with Gasteiger partial charge in [0.1, 0.15) is 17.6 Å². The third-order valence-electron chi connectivity index (χ3n) is 3.10. The van der Waals surface area contributed by atoms with E-state index in [1.54, 1.807) is 12.1 Å². The molecule has 1 unspecified atom stereocenters. The van der Waals surface area contributed by atoms with Crippen molar-refractivity contribution in [2.45, 2.75) is 24.4 Å². The molecule has 1 aromatic heterocycles. The van der Waals surface area contributed by atoms with E-state index in [9.17, 15) is 17.6 Å². The molecule has 1 N–H and O–H groups in total. The van der Waals surface area contributed by atoms with E-state index in [0.29, 0.717) is 5.76 Å². The molecule has 0 bridgehead atoms. The second-order valence-electron chi connectivity index (χ2n) is 4.60. The Balaban J connectivity index is 2.42. The van der Waals surface area contributed by atoms with Crippen LogP contribution in [0.4, 0.5) is 4.39 Å². The third kappa shape index (κ3) is 3.34. The fourth-order valence-corrected chi connectivity index (χ4v) is 3.41. The van der Waals surface area contributed by atoms with Crippen molar-refractivity contribution in [1.82, 2.24) is 4.31 Å². The molecule has 0 saturated carbocycles. The largest absolute Gasteiger partial charge is 0.480 e. The Hall–Kier alpha value is -2.19. The molecule has 6 nitrogen and oxygen atoms in total. The summed E-state index contributed by atoms with van der Waals surface area (Å²) in [7, 11) is -4.11. The van der Waals surface area contributed by atoms with Gasteiger partial charge in [-0.15, -0.1) is 0 Å². The Morgan fingerprint density at radius 2 is 1.95 bits per heavy atom. The summed E-state index contributed by atoms with van der Waals surface area (Å²) in [4.78, 5) is 11.0. The summed E-state index contributed by atoms with van der Waals surface area (Å²) in [6.07, 6.45) is 1.36. The molecule has 0 fully saturated rings. The molecule has 0 aliphatic carbocycles. The van der Waals surface area contributed by atoms with Gasteiger partial charge in [-0.3, -0.25) is 4.79 Å². The molecule has 1 aromatic carbocycles. The van der Waals surface area contributed by atoms with E-state index in [1.807, 2.05) is 0 Å². The number of sulfonamides is 1. The first kappa shape index (κ1) is 16.2. The van der Waals surface area contributed by atoms with Crippen molar-refractivity contribution in [3.8, 4) is 0 Å². The van der Waals surface area contributed by atoms with E-state index in [4.69, 9.17) is 9.52 Å². The van der Waals surface area contributed by atoms with Crippen LogP contribution in [0.25, 0.3) is 0 Å². The lowest BCUT2D eigenvalue weighted by atomic mass is 10.3. The summed E-state index contributed by atoms with van der Waals surface area (Å²) in [5.41, 5.74) is 0. The van der Waals surface area contributed by atoms with Crippen LogP contribution in [0.1, 0.15) is 12.7 Å². The highest BCUT2D eigenvalue weighted by Crippen LogP contribution is 2.21. The molecule has 0 spiro atoms. The van der Waals surface area contributed by atoms with Gasteiger partial charge in [-0.05, 0) is 43.3 Å². The van der Waals surface area contributed by atoms with Crippen molar-refractivity contribution >= 4 is 16.0 Å². The van der Waals surface area contributed by atoms with Gasteiger partial charge in [0.15, 0.2) is 0 Å². The second kappa shape index (κ2) is 6.29. The molecule has 0 aliphatic rings. The summed E-state index contributed by atoms with van der Waals surface area (Å²) in [6.45, 7) is 1.02. The van der Waals surface area contributed by atoms with E-state index in [-0.39, 0.29) is 11.4 Å². The molecule has 0 radical (unpaired) electrons. The van der Waals surface area contributed by atoms with Crippen molar-refractivity contribution in [2.75, 3.05) is 0 Å². The first-order valence-electron chi connectivity index (χ1n) is 6.35. The summed E-state index contributed by atoms with van der Waals surface area (Å²) >= 11 is 0. The van der Waals surface area contributed by atoms with Crippen LogP contribution in [0.5, 0.6) is 0 Å². The molecule has 0 aliphatic heterocycles. The number of nitrogens with zero attached hydrogens (tertiary/aromatic N) is 1. The van der Waals surface area contributed by atoms with Crippen molar-refractivity contribution in [2.24, 2.45) is 0 Å². The van der Waals surface area contributed by atoms with E-state index >= 15 is 0 Å². The zero-order chi connectivity index (χ0) is 16.3. The number of rotatable bonds is 6. The number of furan rings is 1. The van der Waals surface area contributed by atoms with Gasteiger partial charge in [-0.25, -0.2) is 12.8 Å². The minimum absolute atomic E-state index is 0.187. The second-order valence-corrected chi connectivity index (χ2v) is 6.49. The van der Waals surface area contributed by atoms with Crippen molar-refractivity contribution < 1.29 is 27.1 Å². The molecule has 2 rings (SSSR count). The predicted molar refractivity (Wildman–Crippen MR) is 74.9 cm³/mol. The van der Waals surface area contributed by atoms with Gasteiger partial charge in [-0.2, -0.15) is 4.31 Å². The number of carbonyl (C=O) groups is 1. The lowest BCUT2D eigenvalue weighted by Gasteiger charge is -2.24. The number of hydrogen-bond acceptors (Lipinski definition) is 4. The quantitative estimate of drug-likeness (QED) is 0.877. The molecule has 1 heterocycles. The highest BCUT2D eigenvalue weighted by Gasteiger charge is 2.33. The first-order chi connectivity index (χ1) is 10.3. The number of halogens is 1. The Morgan fingerprint density at radius 3 is 2.45 bits per heavy atom. The van der Waals surface area contributed by atoms with Gasteiger partial charge in [0.05, 0.1) is 17.7 Å². The lowest BCUT2D eigenvalue weighted by molar-refractivity contribution is -0.141. The molecule has 1 atom stereocenters. The maximum atomic E-state index is 13.0.